The molecule has 108 valence electrons. The van der Waals surface area contributed by atoms with Crippen LogP contribution in [0.3, 0.4) is 0 Å². The summed E-state index contributed by atoms with van der Waals surface area (Å²) in [5, 5.41) is 7.25. The molecule has 0 radical (unpaired) electrons. The first-order valence-electron chi connectivity index (χ1n) is 6.73. The number of ether oxygens (including phenoxy) is 2. The molecule has 0 bridgehead atoms. The van der Waals surface area contributed by atoms with Crippen LogP contribution in [-0.2, 0) is 20.2 Å². The summed E-state index contributed by atoms with van der Waals surface area (Å²) < 4.78 is 13.2. The number of nitrogens with zero attached hydrogens (tertiary/aromatic N) is 2. The van der Waals surface area contributed by atoms with Crippen molar-refractivity contribution in [2.45, 2.75) is 20.1 Å². The third-order valence-corrected chi connectivity index (χ3v) is 2.84. The summed E-state index contributed by atoms with van der Waals surface area (Å²) >= 11 is 0. The van der Waals surface area contributed by atoms with Gasteiger partial charge in [-0.05, 0) is 31.7 Å². The van der Waals surface area contributed by atoms with Gasteiger partial charge in [0.05, 0.1) is 12.8 Å². The number of benzene rings is 1. The van der Waals surface area contributed by atoms with Gasteiger partial charge in [0.2, 0.25) is 0 Å². The largest absolute Gasteiger partial charge is 0.490 e. The van der Waals surface area contributed by atoms with Crippen LogP contribution < -0.4 is 14.8 Å². The second-order valence-corrected chi connectivity index (χ2v) is 4.56. The number of aryl methyl sites for hydroxylation is 1. The molecule has 0 spiro atoms. The molecule has 0 aliphatic rings. The van der Waals surface area contributed by atoms with Crippen molar-refractivity contribution in [2.24, 2.45) is 7.05 Å². The molecule has 0 aliphatic heterocycles. The van der Waals surface area contributed by atoms with Gasteiger partial charge in [0, 0.05) is 25.4 Å². The summed E-state index contributed by atoms with van der Waals surface area (Å²) in [6, 6.07) is 6.00. The third-order valence-electron chi connectivity index (χ3n) is 2.84. The Labute approximate surface area is 119 Å². The second kappa shape index (κ2) is 6.96. The quantitative estimate of drug-likeness (QED) is 0.841. The zero-order chi connectivity index (χ0) is 14.4. The van der Waals surface area contributed by atoms with Crippen molar-refractivity contribution in [3.63, 3.8) is 0 Å². The van der Waals surface area contributed by atoms with Crippen molar-refractivity contribution in [3.05, 3.63) is 41.7 Å². The highest BCUT2D eigenvalue weighted by Crippen LogP contribution is 2.29. The second-order valence-electron chi connectivity index (χ2n) is 4.56. The lowest BCUT2D eigenvalue weighted by atomic mass is 10.2. The van der Waals surface area contributed by atoms with Gasteiger partial charge >= 0.3 is 0 Å². The van der Waals surface area contributed by atoms with Gasteiger partial charge < -0.3 is 14.8 Å². The first kappa shape index (κ1) is 14.4. The first-order chi connectivity index (χ1) is 9.72. The van der Waals surface area contributed by atoms with E-state index in [4.69, 9.17) is 9.47 Å². The Kier molecular flexibility index (Phi) is 5.01. The standard InChI is InChI=1S/C15H21N3O2/c1-4-19-15-7-12(8-16-2)5-6-14(15)20-11-13-9-17-18(3)10-13/h5-7,9-10,16H,4,8,11H2,1-3H3. The van der Waals surface area contributed by atoms with Gasteiger partial charge in [0.15, 0.2) is 11.5 Å². The van der Waals surface area contributed by atoms with Crippen molar-refractivity contribution in [2.75, 3.05) is 13.7 Å². The van der Waals surface area contributed by atoms with E-state index in [-0.39, 0.29) is 0 Å². The molecule has 0 unspecified atom stereocenters. The fourth-order valence-corrected chi connectivity index (χ4v) is 1.96. The van der Waals surface area contributed by atoms with Crippen molar-refractivity contribution >= 4 is 0 Å². The van der Waals surface area contributed by atoms with E-state index in [0.717, 1.165) is 23.6 Å². The van der Waals surface area contributed by atoms with E-state index in [0.29, 0.717) is 13.2 Å². The summed E-state index contributed by atoms with van der Waals surface area (Å²) in [7, 11) is 3.81. The van der Waals surface area contributed by atoms with Gasteiger partial charge in [-0.15, -0.1) is 0 Å². The van der Waals surface area contributed by atoms with E-state index in [1.807, 2.05) is 45.4 Å². The lowest BCUT2D eigenvalue weighted by molar-refractivity contribution is 0.269. The van der Waals surface area contributed by atoms with Crippen LogP contribution in [0.5, 0.6) is 11.5 Å². The van der Waals surface area contributed by atoms with Gasteiger partial charge in [0.25, 0.3) is 0 Å². The molecule has 0 amide bonds. The average molecular weight is 275 g/mol. The van der Waals surface area contributed by atoms with Crippen LogP contribution in [0.4, 0.5) is 0 Å². The van der Waals surface area contributed by atoms with Crippen LogP contribution >= 0.6 is 0 Å². The van der Waals surface area contributed by atoms with Crippen LogP contribution in [0.25, 0.3) is 0 Å². The van der Waals surface area contributed by atoms with Crippen molar-refractivity contribution < 1.29 is 9.47 Å². The summed E-state index contributed by atoms with van der Waals surface area (Å²) in [6.07, 6.45) is 3.74. The molecule has 1 heterocycles. The summed E-state index contributed by atoms with van der Waals surface area (Å²) in [6.45, 7) is 3.88. The molecule has 5 nitrogen and oxygen atoms in total. The topological polar surface area (TPSA) is 48.3 Å². The lowest BCUT2D eigenvalue weighted by Crippen LogP contribution is -2.06. The van der Waals surface area contributed by atoms with E-state index < -0.39 is 0 Å². The van der Waals surface area contributed by atoms with Crippen LogP contribution in [0.2, 0.25) is 0 Å². The molecule has 0 aliphatic carbocycles. The Morgan fingerprint density at radius 3 is 2.70 bits per heavy atom. The molecule has 1 aromatic carbocycles. The minimum Gasteiger partial charge on any atom is -0.490 e. The molecule has 0 saturated carbocycles. The predicted molar refractivity (Wildman–Crippen MR) is 77.9 cm³/mol. The maximum atomic E-state index is 5.82. The minimum absolute atomic E-state index is 0.485. The lowest BCUT2D eigenvalue weighted by Gasteiger charge is -2.13. The van der Waals surface area contributed by atoms with E-state index in [1.54, 1.807) is 10.9 Å². The third kappa shape index (κ3) is 3.74. The first-order valence-corrected chi connectivity index (χ1v) is 6.73. The molecule has 0 saturated heterocycles. The molecular weight excluding hydrogens is 254 g/mol. The van der Waals surface area contributed by atoms with Gasteiger partial charge in [-0.3, -0.25) is 4.68 Å². The summed E-state index contributed by atoms with van der Waals surface area (Å²) in [4.78, 5) is 0. The normalized spacial score (nSPS) is 10.6. The molecule has 2 rings (SSSR count). The maximum absolute atomic E-state index is 5.82. The smallest absolute Gasteiger partial charge is 0.161 e. The molecule has 1 aromatic heterocycles. The van der Waals surface area contributed by atoms with E-state index in [2.05, 4.69) is 10.4 Å². The molecular formula is C15H21N3O2. The van der Waals surface area contributed by atoms with E-state index in [1.165, 1.54) is 5.56 Å². The fraction of sp³-hybridized carbons (Fsp3) is 0.400. The van der Waals surface area contributed by atoms with Gasteiger partial charge in [0.1, 0.15) is 6.61 Å². The van der Waals surface area contributed by atoms with Crippen molar-refractivity contribution in [3.8, 4) is 11.5 Å². The molecule has 1 N–H and O–H groups in total. The van der Waals surface area contributed by atoms with Gasteiger partial charge in [-0.2, -0.15) is 5.10 Å². The number of aromatic nitrogens is 2. The SMILES string of the molecule is CCOc1cc(CNC)ccc1OCc1cnn(C)c1. The van der Waals surface area contributed by atoms with Crippen molar-refractivity contribution in [1.29, 1.82) is 0 Å². The molecule has 0 fully saturated rings. The molecule has 20 heavy (non-hydrogen) atoms. The Morgan fingerprint density at radius 1 is 1.20 bits per heavy atom. The van der Waals surface area contributed by atoms with E-state index in [9.17, 15) is 0 Å². The Bertz CT molecular complexity index is 552. The summed E-state index contributed by atoms with van der Waals surface area (Å²) in [5.74, 6) is 1.54. The molecule has 0 atom stereocenters. The van der Waals surface area contributed by atoms with Crippen molar-refractivity contribution in [1.82, 2.24) is 15.1 Å². The Morgan fingerprint density at radius 2 is 2.05 bits per heavy atom. The Hall–Kier alpha value is -2.01. The molecule has 5 heteroatoms. The van der Waals surface area contributed by atoms with Crippen LogP contribution in [0.15, 0.2) is 30.6 Å². The minimum atomic E-state index is 0.485. The predicted octanol–water partition coefficient (Wildman–Crippen LogP) is 2.12. The zero-order valence-electron chi connectivity index (χ0n) is 12.2. The number of hydrogen-bond donors (Lipinski definition) is 1. The highest BCUT2D eigenvalue weighted by atomic mass is 16.5. The molecule has 2 aromatic rings. The average Bonchev–Trinajstić information content (AvgIpc) is 2.84. The van der Waals surface area contributed by atoms with Crippen LogP contribution in [0, 0.1) is 0 Å². The highest BCUT2D eigenvalue weighted by molar-refractivity contribution is 5.43. The number of hydrogen-bond acceptors (Lipinski definition) is 4. The zero-order valence-corrected chi connectivity index (χ0v) is 12.2. The van der Waals surface area contributed by atoms with Gasteiger partial charge in [-0.25, -0.2) is 0 Å². The Balaban J connectivity index is 2.09. The van der Waals surface area contributed by atoms with Gasteiger partial charge in [-0.1, -0.05) is 6.07 Å². The monoisotopic (exact) mass is 275 g/mol. The number of nitrogens with one attached hydrogen (secondary N) is 1. The van der Waals surface area contributed by atoms with E-state index >= 15 is 0 Å². The number of rotatable bonds is 7. The summed E-state index contributed by atoms with van der Waals surface area (Å²) in [5.41, 5.74) is 2.21. The highest BCUT2D eigenvalue weighted by Gasteiger charge is 2.07. The maximum Gasteiger partial charge on any atom is 0.161 e. The van der Waals surface area contributed by atoms with Crippen LogP contribution in [0.1, 0.15) is 18.1 Å². The fourth-order valence-electron chi connectivity index (χ4n) is 1.96. The van der Waals surface area contributed by atoms with Crippen LogP contribution in [-0.4, -0.2) is 23.4 Å².